The number of imidazole rings is 1. The smallest absolute Gasteiger partial charge is 0.201 e. The highest BCUT2D eigenvalue weighted by molar-refractivity contribution is 5.42. The number of aromatic nitrogens is 2. The molecule has 2 aromatic rings. The molecule has 0 aliphatic heterocycles. The highest BCUT2D eigenvalue weighted by Gasteiger charge is 1.99. The lowest BCUT2D eigenvalue weighted by Crippen LogP contribution is -2.05. The van der Waals surface area contributed by atoms with Gasteiger partial charge in [-0.05, 0) is 0 Å². The van der Waals surface area contributed by atoms with E-state index in [0.717, 1.165) is 0 Å². The number of fused-ring (bicyclic) bond motifs is 1. The van der Waals surface area contributed by atoms with E-state index >= 15 is 0 Å². The normalized spacial score (nSPS) is 9.92. The summed E-state index contributed by atoms with van der Waals surface area (Å²) in [6, 6.07) is 3.23. The molecule has 4 nitrogen and oxygen atoms in total. The van der Waals surface area contributed by atoms with E-state index in [1.54, 1.807) is 16.8 Å². The van der Waals surface area contributed by atoms with E-state index in [1.807, 2.05) is 6.07 Å². The molecular formula is C8H5N3O. The molecule has 2 heterocycles. The van der Waals surface area contributed by atoms with Crippen LogP contribution < -0.4 is 5.43 Å². The monoisotopic (exact) mass is 159 g/mol. The molecule has 0 radical (unpaired) electrons. The highest BCUT2D eigenvalue weighted by Crippen LogP contribution is 1.97. The van der Waals surface area contributed by atoms with Crippen LogP contribution in [-0.4, -0.2) is 9.38 Å². The number of aromatic amines is 1. The second-order valence-electron chi connectivity index (χ2n) is 2.42. The van der Waals surface area contributed by atoms with E-state index < -0.39 is 0 Å². The largest absolute Gasteiger partial charge is 0.346 e. The van der Waals surface area contributed by atoms with Gasteiger partial charge in [-0.15, -0.1) is 0 Å². The lowest BCUT2D eigenvalue weighted by molar-refractivity contribution is 1.16. The minimum absolute atomic E-state index is 0.159. The summed E-state index contributed by atoms with van der Waals surface area (Å²) in [5, 5.41) is 8.54. The van der Waals surface area contributed by atoms with Crippen molar-refractivity contribution in [1.82, 2.24) is 9.38 Å². The Balaban J connectivity index is 2.93. The van der Waals surface area contributed by atoms with E-state index in [4.69, 9.17) is 5.26 Å². The van der Waals surface area contributed by atoms with E-state index in [-0.39, 0.29) is 11.0 Å². The van der Waals surface area contributed by atoms with Gasteiger partial charge in [-0.2, -0.15) is 5.26 Å². The number of pyridine rings is 1. The van der Waals surface area contributed by atoms with Gasteiger partial charge in [0.05, 0.1) is 0 Å². The Kier molecular flexibility index (Phi) is 1.25. The highest BCUT2D eigenvalue weighted by atomic mass is 16.1. The molecule has 0 fully saturated rings. The summed E-state index contributed by atoms with van der Waals surface area (Å²) < 4.78 is 1.69. The first-order valence-corrected chi connectivity index (χ1v) is 3.41. The zero-order valence-corrected chi connectivity index (χ0v) is 6.11. The molecule has 0 aliphatic rings. The number of hydrogen-bond donors (Lipinski definition) is 1. The molecule has 0 amide bonds. The lowest BCUT2D eigenvalue weighted by Gasteiger charge is -1.91. The minimum atomic E-state index is -0.250. The van der Waals surface area contributed by atoms with E-state index in [0.29, 0.717) is 5.65 Å². The third-order valence-electron chi connectivity index (χ3n) is 1.67. The van der Waals surface area contributed by atoms with Crippen molar-refractivity contribution in [3.63, 3.8) is 0 Å². The standard InChI is InChI=1S/C8H5N3O/c9-4-6-5-11-2-1-10-8(11)3-7(6)12/h1-3,5,10H. The molecule has 0 aromatic carbocycles. The first-order valence-electron chi connectivity index (χ1n) is 3.41. The maximum Gasteiger partial charge on any atom is 0.201 e. The molecule has 0 atom stereocenters. The van der Waals surface area contributed by atoms with Crippen LogP contribution in [0.1, 0.15) is 5.56 Å². The molecule has 1 N–H and O–H groups in total. The van der Waals surface area contributed by atoms with E-state index in [9.17, 15) is 4.79 Å². The number of nitrogens with one attached hydrogen (secondary N) is 1. The van der Waals surface area contributed by atoms with Gasteiger partial charge in [-0.25, -0.2) is 0 Å². The van der Waals surface area contributed by atoms with Crippen LogP contribution in [0.2, 0.25) is 0 Å². The molecule has 0 aliphatic carbocycles. The number of rotatable bonds is 0. The van der Waals surface area contributed by atoms with Gasteiger partial charge < -0.3 is 9.38 Å². The number of hydrogen-bond acceptors (Lipinski definition) is 2. The zero-order chi connectivity index (χ0) is 8.55. The summed E-state index contributed by atoms with van der Waals surface area (Å²) in [6.07, 6.45) is 4.96. The molecule has 2 rings (SSSR count). The quantitative estimate of drug-likeness (QED) is 0.608. The number of nitrogens with zero attached hydrogens (tertiary/aromatic N) is 2. The third-order valence-corrected chi connectivity index (χ3v) is 1.67. The predicted molar refractivity (Wildman–Crippen MR) is 42.7 cm³/mol. The maximum atomic E-state index is 11.1. The molecule has 0 bridgehead atoms. The first kappa shape index (κ1) is 6.68. The average Bonchev–Trinajstić information content (AvgIpc) is 2.49. The first-order chi connectivity index (χ1) is 5.81. The van der Waals surface area contributed by atoms with Crippen LogP contribution in [0.15, 0.2) is 29.5 Å². The van der Waals surface area contributed by atoms with E-state index in [2.05, 4.69) is 4.98 Å². The van der Waals surface area contributed by atoms with Crippen molar-refractivity contribution in [1.29, 1.82) is 5.26 Å². The summed E-state index contributed by atoms with van der Waals surface area (Å²) in [5.74, 6) is 0. The Morgan fingerprint density at radius 1 is 1.58 bits per heavy atom. The van der Waals surface area contributed by atoms with Gasteiger partial charge >= 0.3 is 0 Å². The third kappa shape index (κ3) is 0.805. The van der Waals surface area contributed by atoms with Crippen molar-refractivity contribution in [2.75, 3.05) is 0 Å². The lowest BCUT2D eigenvalue weighted by atomic mass is 10.3. The predicted octanol–water partition coefficient (Wildman–Crippen LogP) is 0.499. The second-order valence-corrected chi connectivity index (χ2v) is 2.42. The van der Waals surface area contributed by atoms with Crippen molar-refractivity contribution in [3.8, 4) is 6.07 Å². The topological polar surface area (TPSA) is 61.1 Å². The van der Waals surface area contributed by atoms with Crippen LogP contribution in [-0.2, 0) is 0 Å². The Bertz CT molecular complexity index is 515. The molecule has 12 heavy (non-hydrogen) atoms. The summed E-state index contributed by atoms with van der Waals surface area (Å²) >= 11 is 0. The van der Waals surface area contributed by atoms with Crippen molar-refractivity contribution < 1.29 is 0 Å². The van der Waals surface area contributed by atoms with Crippen LogP contribution in [0, 0.1) is 11.3 Å². The van der Waals surface area contributed by atoms with Gasteiger partial charge in [-0.3, -0.25) is 4.79 Å². The zero-order valence-electron chi connectivity index (χ0n) is 6.11. The second kappa shape index (κ2) is 2.24. The summed E-state index contributed by atoms with van der Waals surface area (Å²) in [4.78, 5) is 14.0. The minimum Gasteiger partial charge on any atom is -0.346 e. The SMILES string of the molecule is N#Cc1cn2cc[nH]c2cc1=O. The fourth-order valence-electron chi connectivity index (χ4n) is 1.08. The Morgan fingerprint density at radius 3 is 3.17 bits per heavy atom. The van der Waals surface area contributed by atoms with Gasteiger partial charge in [0.1, 0.15) is 17.3 Å². The molecule has 2 aromatic heterocycles. The van der Waals surface area contributed by atoms with Gasteiger partial charge in [-0.1, -0.05) is 0 Å². The summed E-state index contributed by atoms with van der Waals surface area (Å²) in [6.45, 7) is 0. The van der Waals surface area contributed by atoms with Crippen molar-refractivity contribution in [3.05, 3.63) is 40.4 Å². The fraction of sp³-hybridized carbons (Fsp3) is 0. The molecule has 0 saturated heterocycles. The van der Waals surface area contributed by atoms with Crippen molar-refractivity contribution >= 4 is 5.65 Å². The molecule has 58 valence electrons. The molecular weight excluding hydrogens is 154 g/mol. The number of H-pyrrole nitrogens is 1. The van der Waals surface area contributed by atoms with E-state index in [1.165, 1.54) is 12.3 Å². The summed E-state index contributed by atoms with van der Waals surface area (Å²) in [7, 11) is 0. The Morgan fingerprint density at radius 2 is 2.42 bits per heavy atom. The molecule has 0 unspecified atom stereocenters. The Hall–Kier alpha value is -2.02. The van der Waals surface area contributed by atoms with Crippen LogP contribution in [0.25, 0.3) is 5.65 Å². The van der Waals surface area contributed by atoms with Crippen LogP contribution >= 0.6 is 0 Å². The van der Waals surface area contributed by atoms with Crippen molar-refractivity contribution in [2.45, 2.75) is 0 Å². The Labute approximate surface area is 67.7 Å². The van der Waals surface area contributed by atoms with Gasteiger partial charge in [0.25, 0.3) is 0 Å². The van der Waals surface area contributed by atoms with Gasteiger partial charge in [0.2, 0.25) is 5.43 Å². The molecule has 0 saturated carbocycles. The molecule has 0 spiro atoms. The molecule has 4 heteroatoms. The summed E-state index contributed by atoms with van der Waals surface area (Å²) in [5.41, 5.74) is 0.603. The number of nitriles is 1. The van der Waals surface area contributed by atoms with Crippen LogP contribution in [0.3, 0.4) is 0 Å². The van der Waals surface area contributed by atoms with Gasteiger partial charge in [0, 0.05) is 24.7 Å². The van der Waals surface area contributed by atoms with Gasteiger partial charge in [0.15, 0.2) is 0 Å². The van der Waals surface area contributed by atoms with Crippen LogP contribution in [0.4, 0.5) is 0 Å². The van der Waals surface area contributed by atoms with Crippen molar-refractivity contribution in [2.24, 2.45) is 0 Å². The maximum absolute atomic E-state index is 11.1. The average molecular weight is 159 g/mol. The fourth-order valence-corrected chi connectivity index (χ4v) is 1.08. The van der Waals surface area contributed by atoms with Crippen LogP contribution in [0.5, 0.6) is 0 Å².